The molecule has 0 radical (unpaired) electrons. The first-order chi connectivity index (χ1) is 6.87. The van der Waals surface area contributed by atoms with Crippen molar-refractivity contribution in [1.29, 1.82) is 0 Å². The van der Waals surface area contributed by atoms with Gasteiger partial charge in [-0.15, -0.1) is 0 Å². The maximum Gasteiger partial charge on any atom is 0.217 e. The van der Waals surface area contributed by atoms with Gasteiger partial charge in [0, 0.05) is 6.92 Å². The molecule has 96 valence electrons. The summed E-state index contributed by atoms with van der Waals surface area (Å²) < 4.78 is 6.08. The zero-order chi connectivity index (χ0) is 13.2. The Morgan fingerprint density at radius 1 is 1.19 bits per heavy atom. The number of carbonyl (C=O) groups excluding carboxylic acids is 1. The summed E-state index contributed by atoms with van der Waals surface area (Å²) in [7, 11) is -1.72. The van der Waals surface area contributed by atoms with Gasteiger partial charge in [-0.2, -0.15) is 0 Å². The van der Waals surface area contributed by atoms with Crippen molar-refractivity contribution in [3.63, 3.8) is 0 Å². The predicted molar refractivity (Wildman–Crippen MR) is 71.0 cm³/mol. The Bertz CT molecular complexity index is 254. The van der Waals surface area contributed by atoms with Gasteiger partial charge in [-0.1, -0.05) is 20.8 Å². The average Bonchev–Trinajstić information content (AvgIpc) is 1.96. The van der Waals surface area contributed by atoms with Crippen LogP contribution in [-0.2, 0) is 9.22 Å². The minimum atomic E-state index is -1.72. The fourth-order valence-corrected chi connectivity index (χ4v) is 2.24. The Labute approximate surface area is 101 Å². The Hall–Kier alpha value is -0.353. The van der Waals surface area contributed by atoms with E-state index in [-0.39, 0.29) is 16.5 Å². The second kappa shape index (κ2) is 4.88. The fourth-order valence-electron chi connectivity index (χ4n) is 1.09. The van der Waals surface area contributed by atoms with Crippen LogP contribution in [-0.4, -0.2) is 26.4 Å². The monoisotopic (exact) mass is 245 g/mol. The van der Waals surface area contributed by atoms with Crippen LogP contribution < -0.4 is 5.32 Å². The highest BCUT2D eigenvalue weighted by Crippen LogP contribution is 2.36. The number of nitrogens with one attached hydrogen (secondary N) is 1. The molecule has 0 fully saturated rings. The highest BCUT2D eigenvalue weighted by Gasteiger charge is 2.38. The Morgan fingerprint density at radius 2 is 1.62 bits per heavy atom. The van der Waals surface area contributed by atoms with Gasteiger partial charge in [-0.3, -0.25) is 4.79 Å². The Balaban J connectivity index is 4.39. The third-order valence-electron chi connectivity index (χ3n) is 3.11. The van der Waals surface area contributed by atoms with E-state index in [1.807, 2.05) is 13.8 Å². The zero-order valence-electron chi connectivity index (χ0n) is 12.0. The molecule has 0 spiro atoms. The van der Waals surface area contributed by atoms with Crippen molar-refractivity contribution in [3.8, 4) is 0 Å². The van der Waals surface area contributed by atoms with Crippen LogP contribution in [0.25, 0.3) is 0 Å². The standard InChI is InChI=1S/C12H27NO2Si/c1-10(14)13-12(5,6)9-15-16(7,8)11(2,3)4/h9H2,1-8H3,(H,13,14). The summed E-state index contributed by atoms with van der Waals surface area (Å²) in [4.78, 5) is 11.0. The minimum Gasteiger partial charge on any atom is -0.414 e. The molecule has 0 saturated heterocycles. The maximum absolute atomic E-state index is 11.0. The predicted octanol–water partition coefficient (Wildman–Crippen LogP) is 2.92. The van der Waals surface area contributed by atoms with E-state index in [4.69, 9.17) is 4.43 Å². The first kappa shape index (κ1) is 15.6. The minimum absolute atomic E-state index is 0.0103. The summed E-state index contributed by atoms with van der Waals surface area (Å²) in [5, 5.41) is 3.11. The maximum atomic E-state index is 11.0. The van der Waals surface area contributed by atoms with Crippen molar-refractivity contribution in [3.05, 3.63) is 0 Å². The Morgan fingerprint density at radius 3 is 1.94 bits per heavy atom. The molecule has 4 heteroatoms. The van der Waals surface area contributed by atoms with Crippen LogP contribution in [0.4, 0.5) is 0 Å². The molecule has 3 nitrogen and oxygen atoms in total. The first-order valence-electron chi connectivity index (χ1n) is 5.80. The van der Waals surface area contributed by atoms with E-state index in [0.29, 0.717) is 6.61 Å². The number of amides is 1. The van der Waals surface area contributed by atoms with E-state index in [1.165, 1.54) is 6.92 Å². The topological polar surface area (TPSA) is 38.3 Å². The molecule has 0 aliphatic rings. The van der Waals surface area contributed by atoms with E-state index in [9.17, 15) is 4.79 Å². The molecule has 0 unspecified atom stereocenters. The highest BCUT2D eigenvalue weighted by atomic mass is 28.4. The van der Waals surface area contributed by atoms with E-state index >= 15 is 0 Å². The fraction of sp³-hybridized carbons (Fsp3) is 0.917. The van der Waals surface area contributed by atoms with Crippen LogP contribution in [0.2, 0.25) is 18.1 Å². The largest absolute Gasteiger partial charge is 0.414 e. The van der Waals surface area contributed by atoms with Crippen LogP contribution in [0.3, 0.4) is 0 Å². The molecule has 1 amide bonds. The second-order valence-corrected chi connectivity index (χ2v) is 11.4. The molecule has 0 aliphatic carbocycles. The number of hydrogen-bond acceptors (Lipinski definition) is 2. The number of hydrogen-bond donors (Lipinski definition) is 1. The lowest BCUT2D eigenvalue weighted by Gasteiger charge is -2.39. The van der Waals surface area contributed by atoms with Gasteiger partial charge in [-0.25, -0.2) is 0 Å². The molecule has 0 saturated carbocycles. The van der Waals surface area contributed by atoms with Crippen LogP contribution in [0, 0.1) is 0 Å². The molecule has 0 aliphatic heterocycles. The van der Waals surface area contributed by atoms with Crippen molar-refractivity contribution >= 4 is 14.2 Å². The van der Waals surface area contributed by atoms with Gasteiger partial charge in [0.1, 0.15) is 0 Å². The number of rotatable bonds is 4. The third kappa shape index (κ3) is 5.12. The van der Waals surface area contributed by atoms with Crippen molar-refractivity contribution in [2.45, 2.75) is 65.2 Å². The van der Waals surface area contributed by atoms with Crippen molar-refractivity contribution < 1.29 is 9.22 Å². The normalized spacial score (nSPS) is 13.8. The summed E-state index contributed by atoms with van der Waals surface area (Å²) >= 11 is 0. The molecular formula is C12H27NO2Si. The summed E-state index contributed by atoms with van der Waals surface area (Å²) in [6, 6.07) is 0. The lowest BCUT2D eigenvalue weighted by molar-refractivity contribution is -0.120. The van der Waals surface area contributed by atoms with Gasteiger partial charge in [-0.05, 0) is 32.0 Å². The molecule has 16 heavy (non-hydrogen) atoms. The van der Waals surface area contributed by atoms with Crippen molar-refractivity contribution in [2.24, 2.45) is 0 Å². The van der Waals surface area contributed by atoms with Crippen molar-refractivity contribution in [1.82, 2.24) is 5.32 Å². The van der Waals surface area contributed by atoms with E-state index < -0.39 is 8.32 Å². The molecule has 0 aromatic heterocycles. The van der Waals surface area contributed by atoms with Crippen LogP contribution in [0.1, 0.15) is 41.5 Å². The summed E-state index contributed by atoms with van der Waals surface area (Å²) in [6.45, 7) is 17.2. The smallest absolute Gasteiger partial charge is 0.217 e. The molecule has 0 rings (SSSR count). The summed E-state index contributed by atoms with van der Waals surface area (Å²) in [5.74, 6) is -0.0103. The quantitative estimate of drug-likeness (QED) is 0.773. The lowest BCUT2D eigenvalue weighted by Crippen LogP contribution is -2.51. The van der Waals surface area contributed by atoms with E-state index in [2.05, 4.69) is 39.2 Å². The molecule has 1 N–H and O–H groups in total. The first-order valence-corrected chi connectivity index (χ1v) is 8.71. The molecule has 0 aromatic rings. The number of carbonyl (C=O) groups is 1. The lowest BCUT2D eigenvalue weighted by atomic mass is 10.1. The van der Waals surface area contributed by atoms with E-state index in [0.717, 1.165) is 0 Å². The van der Waals surface area contributed by atoms with E-state index in [1.54, 1.807) is 0 Å². The molecule has 0 atom stereocenters. The van der Waals surface area contributed by atoms with Crippen LogP contribution >= 0.6 is 0 Å². The summed E-state index contributed by atoms with van der Waals surface area (Å²) in [5.41, 5.74) is -0.290. The molecule has 0 aromatic carbocycles. The van der Waals surface area contributed by atoms with Crippen LogP contribution in [0.5, 0.6) is 0 Å². The second-order valence-electron chi connectivity index (χ2n) is 6.61. The van der Waals surface area contributed by atoms with Gasteiger partial charge in [0.05, 0.1) is 12.1 Å². The van der Waals surface area contributed by atoms with Gasteiger partial charge < -0.3 is 9.74 Å². The van der Waals surface area contributed by atoms with Crippen molar-refractivity contribution in [2.75, 3.05) is 6.61 Å². The van der Waals surface area contributed by atoms with Gasteiger partial charge >= 0.3 is 0 Å². The Kier molecular flexibility index (Phi) is 4.77. The summed E-state index contributed by atoms with van der Waals surface area (Å²) in [6.07, 6.45) is 0. The highest BCUT2D eigenvalue weighted by molar-refractivity contribution is 6.74. The molecular weight excluding hydrogens is 218 g/mol. The SMILES string of the molecule is CC(=O)NC(C)(C)CO[Si](C)(C)C(C)(C)C. The van der Waals surface area contributed by atoms with Gasteiger partial charge in [0.2, 0.25) is 5.91 Å². The zero-order valence-corrected chi connectivity index (χ0v) is 13.0. The van der Waals surface area contributed by atoms with Gasteiger partial charge in [0.15, 0.2) is 8.32 Å². The molecule has 0 bridgehead atoms. The third-order valence-corrected chi connectivity index (χ3v) is 7.59. The average molecular weight is 245 g/mol. The van der Waals surface area contributed by atoms with Gasteiger partial charge in [0.25, 0.3) is 0 Å². The van der Waals surface area contributed by atoms with Crippen LogP contribution in [0.15, 0.2) is 0 Å². The molecule has 0 heterocycles.